The van der Waals surface area contributed by atoms with Gasteiger partial charge in [0.15, 0.2) is 0 Å². The number of rotatable bonds is 11. The number of carbonyl (C=O) groups is 1. The molecule has 8 atom stereocenters. The average Bonchev–Trinajstić information content (AvgIpc) is 3.28. The smallest absolute Gasteiger partial charge is 0.133 e. The molecule has 1 N–H and O–H groups in total. The third-order valence-corrected chi connectivity index (χ3v) is 12.7. The van der Waals surface area contributed by atoms with Crippen molar-refractivity contribution in [3.05, 3.63) is 29.8 Å². The van der Waals surface area contributed by atoms with Gasteiger partial charge in [-0.05, 0) is 123 Å². The molecule has 0 aromatic heterocycles. The molecule has 4 aliphatic rings. The van der Waals surface area contributed by atoms with Gasteiger partial charge in [0.25, 0.3) is 0 Å². The summed E-state index contributed by atoms with van der Waals surface area (Å²) in [5.74, 6) is 5.57. The molecule has 218 valence electrons. The molecular weight excluding hydrogens is 480 g/mol. The summed E-state index contributed by atoms with van der Waals surface area (Å²) in [6.07, 6.45) is 16.7. The average molecular weight is 537 g/mol. The minimum atomic E-state index is -0.189. The first-order valence-corrected chi connectivity index (χ1v) is 16.8. The lowest BCUT2D eigenvalue weighted by Gasteiger charge is -2.60. The van der Waals surface area contributed by atoms with E-state index < -0.39 is 0 Å². The molecule has 4 fully saturated rings. The molecule has 0 heterocycles. The van der Waals surface area contributed by atoms with Crippen LogP contribution in [-0.2, 0) is 4.79 Å². The number of ketones is 1. The van der Waals surface area contributed by atoms with E-state index in [1.807, 2.05) is 0 Å². The van der Waals surface area contributed by atoms with Crippen molar-refractivity contribution in [2.75, 3.05) is 6.61 Å². The highest BCUT2D eigenvalue weighted by molar-refractivity contribution is 5.79. The molecule has 1 aromatic rings. The molecule has 39 heavy (non-hydrogen) atoms. The van der Waals surface area contributed by atoms with Gasteiger partial charge in [0, 0.05) is 18.3 Å². The van der Waals surface area contributed by atoms with E-state index in [9.17, 15) is 9.90 Å². The van der Waals surface area contributed by atoms with Crippen LogP contribution in [0.25, 0.3) is 0 Å². The summed E-state index contributed by atoms with van der Waals surface area (Å²) in [5, 5.41) is 11.4. The predicted molar refractivity (Wildman–Crippen MR) is 160 cm³/mol. The normalized spacial score (nSPS) is 36.8. The fraction of sp³-hybridized carbons (Fsp3) is 0.806. The maximum absolute atomic E-state index is 12.3. The minimum Gasteiger partial charge on any atom is -0.494 e. The van der Waals surface area contributed by atoms with E-state index >= 15 is 0 Å². The number of ether oxygens (including phenoxy) is 1. The zero-order valence-corrected chi connectivity index (χ0v) is 25.4. The third-order valence-electron chi connectivity index (χ3n) is 12.7. The van der Waals surface area contributed by atoms with Gasteiger partial charge in [0.2, 0.25) is 0 Å². The van der Waals surface area contributed by atoms with Crippen molar-refractivity contribution in [3.8, 4) is 5.75 Å². The topological polar surface area (TPSA) is 46.5 Å². The quantitative estimate of drug-likeness (QED) is 0.307. The first kappa shape index (κ1) is 29.2. The van der Waals surface area contributed by atoms with Gasteiger partial charge in [-0.2, -0.15) is 0 Å². The molecule has 3 heteroatoms. The summed E-state index contributed by atoms with van der Waals surface area (Å²) in [6, 6.07) is 8.94. The van der Waals surface area contributed by atoms with Crippen molar-refractivity contribution in [3.63, 3.8) is 0 Å². The number of aliphatic hydroxyl groups is 1. The van der Waals surface area contributed by atoms with Gasteiger partial charge in [0.1, 0.15) is 11.5 Å². The van der Waals surface area contributed by atoms with Crippen LogP contribution in [0.1, 0.15) is 135 Å². The van der Waals surface area contributed by atoms with E-state index in [1.165, 1.54) is 63.4 Å². The molecule has 0 amide bonds. The second kappa shape index (κ2) is 12.3. The minimum absolute atomic E-state index is 0.0205. The Labute approximate surface area is 238 Å². The molecule has 0 aliphatic heterocycles. The summed E-state index contributed by atoms with van der Waals surface area (Å²) < 4.78 is 6.49. The van der Waals surface area contributed by atoms with Crippen molar-refractivity contribution in [2.45, 2.75) is 136 Å². The van der Waals surface area contributed by atoms with E-state index in [1.54, 1.807) is 0 Å². The highest BCUT2D eigenvalue weighted by Crippen LogP contribution is 2.66. The highest BCUT2D eigenvalue weighted by atomic mass is 16.5. The third kappa shape index (κ3) is 5.60. The molecule has 0 bridgehead atoms. The van der Waals surface area contributed by atoms with Gasteiger partial charge < -0.3 is 9.84 Å². The first-order valence-electron chi connectivity index (χ1n) is 16.8. The summed E-state index contributed by atoms with van der Waals surface area (Å²) >= 11 is 0. The Morgan fingerprint density at radius 1 is 1.03 bits per heavy atom. The van der Waals surface area contributed by atoms with Crippen molar-refractivity contribution < 1.29 is 14.6 Å². The van der Waals surface area contributed by atoms with Gasteiger partial charge in [-0.3, -0.25) is 4.79 Å². The number of hydrogen-bond donors (Lipinski definition) is 1. The van der Waals surface area contributed by atoms with E-state index in [0.717, 1.165) is 56.1 Å². The van der Waals surface area contributed by atoms with Crippen molar-refractivity contribution >= 4 is 5.78 Å². The second-order valence-corrected chi connectivity index (χ2v) is 14.3. The number of carbonyl (C=O) groups excluding carboxylic acids is 1. The van der Waals surface area contributed by atoms with Gasteiger partial charge in [-0.15, -0.1) is 0 Å². The zero-order valence-electron chi connectivity index (χ0n) is 25.4. The predicted octanol–water partition coefficient (Wildman–Crippen LogP) is 9.12. The summed E-state index contributed by atoms with van der Waals surface area (Å²) in [4.78, 5) is 12.3. The van der Waals surface area contributed by atoms with Crippen LogP contribution in [0, 0.1) is 40.4 Å². The van der Waals surface area contributed by atoms with Crippen molar-refractivity contribution in [2.24, 2.45) is 40.4 Å². The fourth-order valence-corrected chi connectivity index (χ4v) is 10.3. The Kier molecular flexibility index (Phi) is 9.16. The Balaban J connectivity index is 1.25. The van der Waals surface area contributed by atoms with E-state index in [0.29, 0.717) is 41.5 Å². The molecule has 0 radical (unpaired) electrons. The number of hydrogen-bond acceptors (Lipinski definition) is 3. The number of aliphatic hydroxyl groups excluding tert-OH is 1. The van der Waals surface area contributed by atoms with Crippen LogP contribution in [0.15, 0.2) is 24.3 Å². The van der Waals surface area contributed by atoms with Gasteiger partial charge >= 0.3 is 0 Å². The SMILES string of the molecule is CCCC(CC(CC)CC)c1cccc(OCC[C@]23CCC4C(CCC5CC(=O)CC[C@@]54C)C2CC[C@@H]3O)c1. The fourth-order valence-electron chi connectivity index (χ4n) is 10.3. The molecule has 3 nitrogen and oxygen atoms in total. The molecule has 5 unspecified atom stereocenters. The Hall–Kier alpha value is -1.35. The Morgan fingerprint density at radius 3 is 2.62 bits per heavy atom. The Bertz CT molecular complexity index is 968. The lowest BCUT2D eigenvalue weighted by Crippen LogP contribution is -2.55. The largest absolute Gasteiger partial charge is 0.494 e. The van der Waals surface area contributed by atoms with Gasteiger partial charge in [0.05, 0.1) is 12.7 Å². The number of fused-ring (bicyclic) bond motifs is 5. The molecule has 4 aliphatic carbocycles. The van der Waals surface area contributed by atoms with Crippen LogP contribution in [0.3, 0.4) is 0 Å². The van der Waals surface area contributed by atoms with Gasteiger partial charge in [-0.1, -0.05) is 59.1 Å². The van der Waals surface area contributed by atoms with Crippen molar-refractivity contribution in [1.29, 1.82) is 0 Å². The van der Waals surface area contributed by atoms with Crippen LogP contribution in [0.4, 0.5) is 0 Å². The molecule has 5 rings (SSSR count). The number of benzene rings is 1. The van der Waals surface area contributed by atoms with Crippen LogP contribution < -0.4 is 4.74 Å². The summed E-state index contributed by atoms with van der Waals surface area (Å²) in [5.41, 5.74) is 1.79. The van der Waals surface area contributed by atoms with Crippen LogP contribution in [0.5, 0.6) is 5.75 Å². The van der Waals surface area contributed by atoms with E-state index in [4.69, 9.17) is 4.74 Å². The second-order valence-electron chi connectivity index (χ2n) is 14.3. The molecule has 1 aromatic carbocycles. The standard InChI is InChI=1S/C36H56O3/c1-5-9-26(22-25(6-2)7-3)27-10-8-11-30(23-27)39-21-20-36-19-17-32-31(33(36)14-15-34(36)38)13-12-28-24-29(37)16-18-35(28,32)4/h8,10-11,23,25-26,28,31-34,38H,5-7,9,12-22,24H2,1-4H3/t26?,28?,31?,32?,33?,34-,35-,36+/m0/s1. The Morgan fingerprint density at radius 2 is 1.85 bits per heavy atom. The zero-order chi connectivity index (χ0) is 27.6. The molecule has 4 saturated carbocycles. The first-order chi connectivity index (χ1) is 18.8. The highest BCUT2D eigenvalue weighted by Gasteiger charge is 2.61. The molecule has 0 spiro atoms. The monoisotopic (exact) mass is 536 g/mol. The maximum atomic E-state index is 12.3. The number of Topliss-reactive ketones (excluding diaryl/α,β-unsaturated/α-hetero) is 1. The van der Waals surface area contributed by atoms with E-state index in [-0.39, 0.29) is 11.5 Å². The van der Waals surface area contributed by atoms with E-state index in [2.05, 4.69) is 52.0 Å². The van der Waals surface area contributed by atoms with Crippen LogP contribution >= 0.6 is 0 Å². The molecular formula is C36H56O3. The van der Waals surface area contributed by atoms with Crippen LogP contribution in [0.2, 0.25) is 0 Å². The van der Waals surface area contributed by atoms with Crippen molar-refractivity contribution in [1.82, 2.24) is 0 Å². The lowest BCUT2D eigenvalue weighted by atomic mass is 9.44. The van der Waals surface area contributed by atoms with Gasteiger partial charge in [-0.25, -0.2) is 0 Å². The van der Waals surface area contributed by atoms with Crippen LogP contribution in [-0.4, -0.2) is 23.6 Å². The lowest BCUT2D eigenvalue weighted by molar-refractivity contribution is -0.145. The summed E-state index contributed by atoms with van der Waals surface area (Å²) in [7, 11) is 0. The summed E-state index contributed by atoms with van der Waals surface area (Å²) in [6.45, 7) is 10.2. The maximum Gasteiger partial charge on any atom is 0.133 e. The molecule has 0 saturated heterocycles.